The number of hydrogen-bond acceptors (Lipinski definition) is 2. The molecule has 1 aromatic rings. The molecule has 1 heterocycles. The van der Waals surface area contributed by atoms with Crippen molar-refractivity contribution in [3.8, 4) is 0 Å². The van der Waals surface area contributed by atoms with E-state index in [0.717, 1.165) is 19.4 Å². The Morgan fingerprint density at radius 2 is 2.07 bits per heavy atom. The summed E-state index contributed by atoms with van der Waals surface area (Å²) in [5, 5.41) is 10.8. The summed E-state index contributed by atoms with van der Waals surface area (Å²) in [5.74, 6) is -0.0379. The van der Waals surface area contributed by atoms with Crippen molar-refractivity contribution in [1.82, 2.24) is 4.90 Å². The number of unbranched alkanes of at least 4 members (excludes halogenated alkanes) is 1. The van der Waals surface area contributed by atoms with Gasteiger partial charge in [0.15, 0.2) is 12.4 Å². The first-order valence-corrected chi connectivity index (χ1v) is 5.09. The van der Waals surface area contributed by atoms with E-state index >= 15 is 0 Å². The first-order chi connectivity index (χ1) is 7.15. The number of aromatic nitrogens is 1. The van der Waals surface area contributed by atoms with Crippen molar-refractivity contribution in [3.63, 3.8) is 0 Å². The topological polar surface area (TPSA) is 47.2 Å². The molecule has 0 saturated carbocycles. The molecule has 82 valence electrons. The van der Waals surface area contributed by atoms with E-state index in [1.807, 2.05) is 0 Å². The van der Waals surface area contributed by atoms with Crippen LogP contribution in [-0.4, -0.2) is 24.4 Å². The molecule has 4 nitrogen and oxygen atoms in total. The highest BCUT2D eigenvalue weighted by molar-refractivity contribution is 5.93. The maximum Gasteiger partial charge on any atom is 0.254 e. The first kappa shape index (κ1) is 11.5. The molecule has 1 rings (SSSR count). The van der Waals surface area contributed by atoms with Gasteiger partial charge in [0.25, 0.3) is 5.91 Å². The van der Waals surface area contributed by atoms with Crippen LogP contribution in [0.25, 0.3) is 0 Å². The third-order valence-corrected chi connectivity index (χ3v) is 2.24. The monoisotopic (exact) mass is 208 g/mol. The second-order valence-corrected chi connectivity index (χ2v) is 3.53. The van der Waals surface area contributed by atoms with Crippen molar-refractivity contribution in [2.24, 2.45) is 0 Å². The van der Waals surface area contributed by atoms with Crippen LogP contribution in [0, 0.1) is 5.21 Å². The van der Waals surface area contributed by atoms with E-state index < -0.39 is 0 Å². The van der Waals surface area contributed by atoms with Crippen molar-refractivity contribution in [3.05, 3.63) is 35.3 Å². The molecule has 1 amide bonds. The Morgan fingerprint density at radius 3 is 2.60 bits per heavy atom. The SMILES string of the molecule is CCCCN(C)C(=O)c1cc[n+]([O-])cc1. The minimum absolute atomic E-state index is 0.0379. The van der Waals surface area contributed by atoms with Gasteiger partial charge in [-0.2, -0.15) is 4.73 Å². The fourth-order valence-corrected chi connectivity index (χ4v) is 1.27. The highest BCUT2D eigenvalue weighted by Gasteiger charge is 2.11. The van der Waals surface area contributed by atoms with Crippen LogP contribution in [0.15, 0.2) is 24.5 Å². The Labute approximate surface area is 89.7 Å². The second kappa shape index (κ2) is 5.34. The molecular formula is C11H16N2O2. The van der Waals surface area contributed by atoms with E-state index in [1.54, 1.807) is 11.9 Å². The average molecular weight is 208 g/mol. The summed E-state index contributed by atoms with van der Waals surface area (Å²) in [6, 6.07) is 3.08. The molecule has 1 aromatic heterocycles. The largest absolute Gasteiger partial charge is 0.619 e. The van der Waals surface area contributed by atoms with Crippen LogP contribution in [0.5, 0.6) is 0 Å². The maximum absolute atomic E-state index is 11.8. The zero-order chi connectivity index (χ0) is 11.3. The molecule has 0 aromatic carbocycles. The van der Waals surface area contributed by atoms with Gasteiger partial charge in [-0.25, -0.2) is 0 Å². The van der Waals surface area contributed by atoms with Crippen LogP contribution in [0.3, 0.4) is 0 Å². The average Bonchev–Trinajstić information content (AvgIpc) is 2.26. The van der Waals surface area contributed by atoms with Gasteiger partial charge in [0.2, 0.25) is 0 Å². The Hall–Kier alpha value is -1.58. The molecule has 0 aliphatic rings. The lowest BCUT2D eigenvalue weighted by atomic mass is 10.2. The quantitative estimate of drug-likeness (QED) is 0.551. The van der Waals surface area contributed by atoms with Gasteiger partial charge in [0, 0.05) is 25.7 Å². The van der Waals surface area contributed by atoms with Gasteiger partial charge in [0.1, 0.15) is 0 Å². The Bertz CT molecular complexity index is 322. The van der Waals surface area contributed by atoms with Crippen molar-refractivity contribution < 1.29 is 9.52 Å². The molecule has 0 aliphatic carbocycles. The van der Waals surface area contributed by atoms with Gasteiger partial charge in [-0.1, -0.05) is 13.3 Å². The summed E-state index contributed by atoms with van der Waals surface area (Å²) in [4.78, 5) is 13.5. The number of rotatable bonds is 4. The molecule has 0 fully saturated rings. The maximum atomic E-state index is 11.8. The summed E-state index contributed by atoms with van der Waals surface area (Å²) < 4.78 is 0.669. The summed E-state index contributed by atoms with van der Waals surface area (Å²) in [6.07, 6.45) is 4.73. The molecule has 0 unspecified atom stereocenters. The molecule has 0 N–H and O–H groups in total. The summed E-state index contributed by atoms with van der Waals surface area (Å²) in [5.41, 5.74) is 0.556. The van der Waals surface area contributed by atoms with Crippen LogP contribution in [0.4, 0.5) is 0 Å². The minimum Gasteiger partial charge on any atom is -0.619 e. The number of carbonyl (C=O) groups is 1. The van der Waals surface area contributed by atoms with Crippen molar-refractivity contribution in [2.75, 3.05) is 13.6 Å². The molecule has 0 radical (unpaired) electrons. The van der Waals surface area contributed by atoms with E-state index in [2.05, 4.69) is 6.92 Å². The third-order valence-electron chi connectivity index (χ3n) is 2.24. The molecule has 0 bridgehead atoms. The predicted octanol–water partition coefficient (Wildman–Crippen LogP) is 1.19. The number of carbonyl (C=O) groups excluding carboxylic acids is 1. The highest BCUT2D eigenvalue weighted by Crippen LogP contribution is 2.02. The predicted molar refractivity (Wildman–Crippen MR) is 57.3 cm³/mol. The van der Waals surface area contributed by atoms with Gasteiger partial charge in [-0.15, -0.1) is 0 Å². The normalized spacial score (nSPS) is 10.0. The number of pyridine rings is 1. The lowest BCUT2D eigenvalue weighted by Gasteiger charge is -2.16. The van der Waals surface area contributed by atoms with Crippen molar-refractivity contribution in [2.45, 2.75) is 19.8 Å². The highest BCUT2D eigenvalue weighted by atomic mass is 16.5. The zero-order valence-electron chi connectivity index (χ0n) is 9.14. The molecule has 0 spiro atoms. The molecule has 0 saturated heterocycles. The Balaban J connectivity index is 2.63. The zero-order valence-corrected chi connectivity index (χ0v) is 9.14. The lowest BCUT2D eigenvalue weighted by Crippen LogP contribution is -2.30. The van der Waals surface area contributed by atoms with Crippen LogP contribution in [0.1, 0.15) is 30.1 Å². The van der Waals surface area contributed by atoms with Gasteiger partial charge >= 0.3 is 0 Å². The lowest BCUT2D eigenvalue weighted by molar-refractivity contribution is -0.605. The van der Waals surface area contributed by atoms with Crippen LogP contribution >= 0.6 is 0 Å². The van der Waals surface area contributed by atoms with Crippen LogP contribution < -0.4 is 4.73 Å². The summed E-state index contributed by atoms with van der Waals surface area (Å²) >= 11 is 0. The van der Waals surface area contributed by atoms with Gasteiger partial charge in [-0.3, -0.25) is 4.79 Å². The van der Waals surface area contributed by atoms with E-state index in [-0.39, 0.29) is 5.91 Å². The standard InChI is InChI=1S/C11H16N2O2/c1-3-4-7-12(2)11(14)10-5-8-13(15)9-6-10/h5-6,8-9H,3-4,7H2,1-2H3. The van der Waals surface area contributed by atoms with E-state index in [9.17, 15) is 10.0 Å². The van der Waals surface area contributed by atoms with Gasteiger partial charge in [0.05, 0.1) is 5.56 Å². The van der Waals surface area contributed by atoms with Crippen molar-refractivity contribution in [1.29, 1.82) is 0 Å². The molecule has 0 aliphatic heterocycles. The van der Waals surface area contributed by atoms with Gasteiger partial charge in [-0.05, 0) is 6.42 Å². The fraction of sp³-hybridized carbons (Fsp3) is 0.455. The smallest absolute Gasteiger partial charge is 0.254 e. The third kappa shape index (κ3) is 3.23. The van der Waals surface area contributed by atoms with Gasteiger partial charge < -0.3 is 10.1 Å². The van der Waals surface area contributed by atoms with E-state index in [0.29, 0.717) is 10.3 Å². The first-order valence-electron chi connectivity index (χ1n) is 5.09. The Kier molecular flexibility index (Phi) is 4.09. The molecule has 0 atom stereocenters. The molecular weight excluding hydrogens is 192 g/mol. The van der Waals surface area contributed by atoms with E-state index in [4.69, 9.17) is 0 Å². The van der Waals surface area contributed by atoms with Crippen molar-refractivity contribution >= 4 is 5.91 Å². The molecule has 15 heavy (non-hydrogen) atoms. The Morgan fingerprint density at radius 1 is 1.47 bits per heavy atom. The van der Waals surface area contributed by atoms with Crippen LogP contribution in [-0.2, 0) is 0 Å². The van der Waals surface area contributed by atoms with E-state index in [1.165, 1.54) is 24.5 Å². The van der Waals surface area contributed by atoms with Crippen LogP contribution in [0.2, 0.25) is 0 Å². The second-order valence-electron chi connectivity index (χ2n) is 3.53. The molecule has 4 heteroatoms. The number of amides is 1. The minimum atomic E-state index is -0.0379. The summed E-state index contributed by atoms with van der Waals surface area (Å²) in [6.45, 7) is 2.84. The number of hydrogen-bond donors (Lipinski definition) is 0. The fourth-order valence-electron chi connectivity index (χ4n) is 1.27. The summed E-state index contributed by atoms with van der Waals surface area (Å²) in [7, 11) is 1.77. The number of nitrogens with zero attached hydrogens (tertiary/aromatic N) is 2.